The van der Waals surface area contributed by atoms with Crippen molar-refractivity contribution in [2.45, 2.75) is 12.5 Å². The molecule has 1 heterocycles. The van der Waals surface area contributed by atoms with E-state index < -0.39 is 0 Å². The van der Waals surface area contributed by atoms with Crippen molar-refractivity contribution >= 4 is 11.5 Å². The van der Waals surface area contributed by atoms with Gasteiger partial charge >= 0.3 is 0 Å². The topological polar surface area (TPSA) is 61.5 Å². The van der Waals surface area contributed by atoms with Gasteiger partial charge in [-0.3, -0.25) is 4.79 Å². The molecule has 0 radical (unpaired) electrons. The van der Waals surface area contributed by atoms with Gasteiger partial charge in [0.1, 0.15) is 17.6 Å². The molecule has 2 aromatic rings. The van der Waals surface area contributed by atoms with Crippen LogP contribution in [0, 0.1) is 0 Å². The Balaban J connectivity index is 2.00. The Labute approximate surface area is 117 Å². The van der Waals surface area contributed by atoms with Crippen molar-refractivity contribution in [1.29, 1.82) is 0 Å². The molecule has 3 rings (SSSR count). The summed E-state index contributed by atoms with van der Waals surface area (Å²) >= 11 is 0. The largest absolute Gasteiger partial charge is 0.496 e. The van der Waals surface area contributed by atoms with Crippen LogP contribution in [0.15, 0.2) is 42.5 Å². The Hall–Kier alpha value is -2.49. The van der Waals surface area contributed by atoms with Crippen LogP contribution in [0.25, 0.3) is 0 Å². The summed E-state index contributed by atoms with van der Waals surface area (Å²) in [6.45, 7) is 0. The Kier molecular flexibility index (Phi) is 3.06. The zero-order valence-corrected chi connectivity index (χ0v) is 11.1. The summed E-state index contributed by atoms with van der Waals surface area (Å²) in [5, 5.41) is 0. The van der Waals surface area contributed by atoms with Crippen LogP contribution < -0.4 is 15.2 Å². The number of Topliss-reactive ketones (excluding diaryl/α,β-unsaturated/α-hetero) is 1. The Bertz CT molecular complexity index is 667. The van der Waals surface area contributed by atoms with Crippen molar-refractivity contribution in [2.24, 2.45) is 0 Å². The van der Waals surface area contributed by atoms with E-state index in [4.69, 9.17) is 15.2 Å². The second-order valence-corrected chi connectivity index (χ2v) is 4.73. The number of hydrogen-bond donors (Lipinski definition) is 1. The van der Waals surface area contributed by atoms with Crippen LogP contribution in [-0.2, 0) is 0 Å². The average Bonchev–Trinajstić information content (AvgIpc) is 2.46. The normalized spacial score (nSPS) is 17.2. The summed E-state index contributed by atoms with van der Waals surface area (Å²) in [5.74, 6) is 1.32. The van der Waals surface area contributed by atoms with Gasteiger partial charge in [-0.25, -0.2) is 0 Å². The van der Waals surface area contributed by atoms with Gasteiger partial charge in [-0.05, 0) is 18.2 Å². The zero-order chi connectivity index (χ0) is 14.1. The summed E-state index contributed by atoms with van der Waals surface area (Å²) in [4.78, 5) is 12.2. The number of nitrogens with two attached hydrogens (primary N) is 1. The SMILES string of the molecule is COc1ccccc1C1CC(=O)c2ccc(N)cc2O1. The number of carbonyl (C=O) groups is 1. The lowest BCUT2D eigenvalue weighted by Crippen LogP contribution is -2.21. The van der Waals surface area contributed by atoms with Gasteiger partial charge in [-0.2, -0.15) is 0 Å². The molecule has 0 amide bonds. The number of ketones is 1. The Morgan fingerprint density at radius 2 is 2.05 bits per heavy atom. The molecule has 2 N–H and O–H groups in total. The van der Waals surface area contributed by atoms with E-state index in [1.165, 1.54) is 0 Å². The van der Waals surface area contributed by atoms with Crippen molar-refractivity contribution < 1.29 is 14.3 Å². The molecule has 4 nitrogen and oxygen atoms in total. The first-order chi connectivity index (χ1) is 9.69. The molecule has 0 fully saturated rings. The number of methoxy groups -OCH3 is 1. The van der Waals surface area contributed by atoms with Gasteiger partial charge in [-0.1, -0.05) is 18.2 Å². The van der Waals surface area contributed by atoms with E-state index in [-0.39, 0.29) is 11.9 Å². The highest BCUT2D eigenvalue weighted by atomic mass is 16.5. The van der Waals surface area contributed by atoms with Crippen molar-refractivity contribution in [2.75, 3.05) is 12.8 Å². The summed E-state index contributed by atoms with van der Waals surface area (Å²) in [6, 6.07) is 12.7. The summed E-state index contributed by atoms with van der Waals surface area (Å²) in [7, 11) is 1.61. The minimum Gasteiger partial charge on any atom is -0.496 e. The fourth-order valence-electron chi connectivity index (χ4n) is 2.45. The summed E-state index contributed by atoms with van der Waals surface area (Å²) in [6.07, 6.45) is -0.0370. The van der Waals surface area contributed by atoms with Crippen LogP contribution in [-0.4, -0.2) is 12.9 Å². The fraction of sp³-hybridized carbons (Fsp3) is 0.188. The molecule has 20 heavy (non-hydrogen) atoms. The molecule has 0 aliphatic carbocycles. The average molecular weight is 269 g/mol. The standard InChI is InChI=1S/C16H15NO3/c1-19-14-5-3-2-4-12(14)16-9-13(18)11-7-6-10(17)8-15(11)20-16/h2-8,16H,9,17H2,1H3. The maximum Gasteiger partial charge on any atom is 0.170 e. The highest BCUT2D eigenvalue weighted by Crippen LogP contribution is 2.38. The Morgan fingerprint density at radius 3 is 2.85 bits per heavy atom. The quantitative estimate of drug-likeness (QED) is 0.851. The minimum atomic E-state index is -0.340. The van der Waals surface area contributed by atoms with Crippen LogP contribution in [0.4, 0.5) is 5.69 Å². The maximum absolute atomic E-state index is 12.2. The number of ether oxygens (including phenoxy) is 2. The van der Waals surface area contributed by atoms with Crippen molar-refractivity contribution in [3.8, 4) is 11.5 Å². The van der Waals surface area contributed by atoms with Crippen LogP contribution in [0.5, 0.6) is 11.5 Å². The molecule has 1 aliphatic rings. The van der Waals surface area contributed by atoms with E-state index in [0.29, 0.717) is 23.4 Å². The number of carbonyl (C=O) groups excluding carboxylic acids is 1. The molecule has 102 valence electrons. The predicted octanol–water partition coefficient (Wildman–Crippen LogP) is 2.98. The lowest BCUT2D eigenvalue weighted by molar-refractivity contribution is 0.0847. The molecule has 0 bridgehead atoms. The fourth-order valence-corrected chi connectivity index (χ4v) is 2.45. The van der Waals surface area contributed by atoms with Gasteiger partial charge < -0.3 is 15.2 Å². The van der Waals surface area contributed by atoms with Crippen LogP contribution in [0.2, 0.25) is 0 Å². The zero-order valence-electron chi connectivity index (χ0n) is 11.1. The van der Waals surface area contributed by atoms with Gasteiger partial charge in [0.15, 0.2) is 5.78 Å². The van der Waals surface area contributed by atoms with E-state index >= 15 is 0 Å². The van der Waals surface area contributed by atoms with Crippen molar-refractivity contribution in [3.05, 3.63) is 53.6 Å². The first-order valence-electron chi connectivity index (χ1n) is 6.41. The first kappa shape index (κ1) is 12.5. The highest BCUT2D eigenvalue weighted by molar-refractivity contribution is 6.00. The number of rotatable bonds is 2. The number of para-hydroxylation sites is 1. The van der Waals surface area contributed by atoms with Gasteiger partial charge in [0.25, 0.3) is 0 Å². The van der Waals surface area contributed by atoms with Gasteiger partial charge in [0.2, 0.25) is 0 Å². The van der Waals surface area contributed by atoms with Crippen molar-refractivity contribution in [3.63, 3.8) is 0 Å². The lowest BCUT2D eigenvalue weighted by Gasteiger charge is -2.26. The maximum atomic E-state index is 12.2. The van der Waals surface area contributed by atoms with Gasteiger partial charge in [-0.15, -0.1) is 0 Å². The summed E-state index contributed by atoms with van der Waals surface area (Å²) < 4.78 is 11.3. The summed E-state index contributed by atoms with van der Waals surface area (Å²) in [5.41, 5.74) is 7.79. The molecular formula is C16H15NO3. The molecule has 1 aliphatic heterocycles. The van der Waals surface area contributed by atoms with Gasteiger partial charge in [0.05, 0.1) is 19.1 Å². The lowest BCUT2D eigenvalue weighted by atomic mass is 9.95. The molecule has 1 unspecified atom stereocenters. The molecule has 0 saturated carbocycles. The second kappa shape index (κ2) is 4.89. The molecule has 1 atom stereocenters. The third kappa shape index (κ3) is 2.09. The molecule has 2 aromatic carbocycles. The van der Waals surface area contributed by atoms with E-state index in [1.807, 2.05) is 24.3 Å². The minimum absolute atomic E-state index is 0.0576. The molecular weight excluding hydrogens is 254 g/mol. The molecule has 0 saturated heterocycles. The smallest absolute Gasteiger partial charge is 0.170 e. The van der Waals surface area contributed by atoms with Crippen molar-refractivity contribution in [1.82, 2.24) is 0 Å². The van der Waals surface area contributed by atoms with E-state index in [0.717, 1.165) is 11.3 Å². The van der Waals surface area contributed by atoms with Gasteiger partial charge in [0, 0.05) is 17.3 Å². The van der Waals surface area contributed by atoms with E-state index in [2.05, 4.69) is 0 Å². The van der Waals surface area contributed by atoms with E-state index in [9.17, 15) is 4.79 Å². The van der Waals surface area contributed by atoms with Crippen LogP contribution >= 0.6 is 0 Å². The number of nitrogen functional groups attached to an aromatic ring is 1. The molecule has 4 heteroatoms. The van der Waals surface area contributed by atoms with E-state index in [1.54, 1.807) is 25.3 Å². The predicted molar refractivity (Wildman–Crippen MR) is 76.2 cm³/mol. The highest BCUT2D eigenvalue weighted by Gasteiger charge is 2.29. The van der Waals surface area contributed by atoms with Crippen LogP contribution in [0.1, 0.15) is 28.4 Å². The monoisotopic (exact) mass is 269 g/mol. The number of anilines is 1. The number of hydrogen-bond acceptors (Lipinski definition) is 4. The molecule has 0 aromatic heterocycles. The second-order valence-electron chi connectivity index (χ2n) is 4.73. The molecule has 0 spiro atoms. The third-order valence-electron chi connectivity index (χ3n) is 3.43. The number of benzene rings is 2. The first-order valence-corrected chi connectivity index (χ1v) is 6.41. The third-order valence-corrected chi connectivity index (χ3v) is 3.43. The van der Waals surface area contributed by atoms with Crippen LogP contribution in [0.3, 0.4) is 0 Å². The number of fused-ring (bicyclic) bond motifs is 1. The Morgan fingerprint density at radius 1 is 1.25 bits per heavy atom.